The van der Waals surface area contributed by atoms with Crippen molar-refractivity contribution in [3.63, 3.8) is 0 Å². The van der Waals surface area contributed by atoms with E-state index in [4.69, 9.17) is 10.00 Å². The lowest BCUT2D eigenvalue weighted by Gasteiger charge is -2.09. The summed E-state index contributed by atoms with van der Waals surface area (Å²) in [6.07, 6.45) is 0. The summed E-state index contributed by atoms with van der Waals surface area (Å²) in [7, 11) is 0. The Morgan fingerprint density at radius 2 is 2.10 bits per heavy atom. The van der Waals surface area contributed by atoms with Crippen LogP contribution in [0.2, 0.25) is 0 Å². The molecule has 0 bridgehead atoms. The standard InChI is InChI=1S/C15H10BrFN2O2/c16-11-5-6-14(10(7-11)8-18)21-9-15(20)19-13-4-2-1-3-12(13)17/h1-7H,9H2,(H,19,20). The SMILES string of the molecule is N#Cc1cc(Br)ccc1OCC(=O)Nc1ccccc1F. The number of hydrogen-bond donors (Lipinski definition) is 1. The number of amides is 1. The fourth-order valence-electron chi connectivity index (χ4n) is 1.61. The van der Waals surface area contributed by atoms with Gasteiger partial charge in [-0.2, -0.15) is 5.26 Å². The highest BCUT2D eigenvalue weighted by Crippen LogP contribution is 2.22. The first-order valence-corrected chi connectivity index (χ1v) is 6.76. The summed E-state index contributed by atoms with van der Waals surface area (Å²) in [5.74, 6) is -0.733. The Balaban J connectivity index is 1.99. The highest BCUT2D eigenvalue weighted by Gasteiger charge is 2.09. The molecule has 0 unspecified atom stereocenters. The van der Waals surface area contributed by atoms with Crippen LogP contribution in [0.15, 0.2) is 46.9 Å². The van der Waals surface area contributed by atoms with Crippen molar-refractivity contribution in [2.24, 2.45) is 0 Å². The summed E-state index contributed by atoms with van der Waals surface area (Å²) >= 11 is 3.24. The Labute approximate surface area is 129 Å². The van der Waals surface area contributed by atoms with E-state index in [0.717, 1.165) is 4.47 Å². The number of carbonyl (C=O) groups is 1. The maximum atomic E-state index is 13.4. The second kappa shape index (κ2) is 6.86. The number of anilines is 1. The molecule has 0 saturated heterocycles. The van der Waals surface area contributed by atoms with Crippen LogP contribution in [0.4, 0.5) is 10.1 Å². The van der Waals surface area contributed by atoms with Crippen molar-refractivity contribution >= 4 is 27.5 Å². The fourth-order valence-corrected chi connectivity index (χ4v) is 1.97. The number of nitrogens with zero attached hydrogens (tertiary/aromatic N) is 1. The Hall–Kier alpha value is -2.39. The molecule has 0 atom stereocenters. The zero-order valence-corrected chi connectivity index (χ0v) is 12.4. The van der Waals surface area contributed by atoms with E-state index in [1.54, 1.807) is 24.3 Å². The second-order valence-electron chi connectivity index (χ2n) is 4.07. The highest BCUT2D eigenvalue weighted by atomic mass is 79.9. The minimum atomic E-state index is -0.521. The number of para-hydroxylation sites is 1. The second-order valence-corrected chi connectivity index (χ2v) is 4.98. The average Bonchev–Trinajstić information content (AvgIpc) is 2.48. The van der Waals surface area contributed by atoms with Gasteiger partial charge in [0.2, 0.25) is 0 Å². The molecule has 0 saturated carbocycles. The molecule has 6 heteroatoms. The number of hydrogen-bond acceptors (Lipinski definition) is 3. The third kappa shape index (κ3) is 4.04. The van der Waals surface area contributed by atoms with Crippen LogP contribution in [0.5, 0.6) is 5.75 Å². The lowest BCUT2D eigenvalue weighted by Crippen LogP contribution is -2.21. The molecule has 0 heterocycles. The summed E-state index contributed by atoms with van der Waals surface area (Å²) < 4.78 is 19.4. The number of nitriles is 1. The van der Waals surface area contributed by atoms with Gasteiger partial charge in [-0.25, -0.2) is 4.39 Å². The van der Waals surface area contributed by atoms with Crippen LogP contribution in [0.1, 0.15) is 5.56 Å². The third-order valence-corrected chi connectivity index (χ3v) is 3.06. The number of rotatable bonds is 4. The van der Waals surface area contributed by atoms with Crippen LogP contribution in [-0.4, -0.2) is 12.5 Å². The first-order chi connectivity index (χ1) is 10.1. The minimum Gasteiger partial charge on any atom is -0.482 e. The van der Waals surface area contributed by atoms with Gasteiger partial charge in [-0.05, 0) is 30.3 Å². The average molecular weight is 349 g/mol. The molecule has 0 aliphatic rings. The van der Waals surface area contributed by atoms with Gasteiger partial charge in [0.05, 0.1) is 11.3 Å². The van der Waals surface area contributed by atoms with Gasteiger partial charge in [-0.15, -0.1) is 0 Å². The van der Waals surface area contributed by atoms with E-state index in [2.05, 4.69) is 21.2 Å². The largest absolute Gasteiger partial charge is 0.482 e. The van der Waals surface area contributed by atoms with Crippen molar-refractivity contribution < 1.29 is 13.9 Å². The molecule has 2 rings (SSSR count). The van der Waals surface area contributed by atoms with Crippen molar-refractivity contribution in [3.05, 3.63) is 58.3 Å². The van der Waals surface area contributed by atoms with E-state index in [-0.39, 0.29) is 12.3 Å². The van der Waals surface area contributed by atoms with Crippen LogP contribution in [0.3, 0.4) is 0 Å². The Kier molecular flexibility index (Phi) is 4.90. The predicted octanol–water partition coefficient (Wildman–Crippen LogP) is 3.48. The topological polar surface area (TPSA) is 62.1 Å². The lowest BCUT2D eigenvalue weighted by atomic mass is 10.2. The molecule has 0 aromatic heterocycles. The van der Waals surface area contributed by atoms with Crippen molar-refractivity contribution in [3.8, 4) is 11.8 Å². The normalized spacial score (nSPS) is 9.76. The molecule has 1 N–H and O–H groups in total. The first kappa shape index (κ1) is 15.0. The van der Waals surface area contributed by atoms with Crippen molar-refractivity contribution in [1.82, 2.24) is 0 Å². The van der Waals surface area contributed by atoms with Gasteiger partial charge in [-0.1, -0.05) is 28.1 Å². The lowest BCUT2D eigenvalue weighted by molar-refractivity contribution is -0.118. The van der Waals surface area contributed by atoms with E-state index < -0.39 is 11.7 Å². The molecule has 2 aromatic carbocycles. The Morgan fingerprint density at radius 1 is 1.33 bits per heavy atom. The molecule has 0 aliphatic carbocycles. The van der Waals surface area contributed by atoms with E-state index in [1.165, 1.54) is 18.2 Å². The van der Waals surface area contributed by atoms with Crippen LogP contribution < -0.4 is 10.1 Å². The number of nitrogens with one attached hydrogen (secondary N) is 1. The summed E-state index contributed by atoms with van der Waals surface area (Å²) in [6, 6.07) is 12.7. The molecule has 1 amide bonds. The highest BCUT2D eigenvalue weighted by molar-refractivity contribution is 9.10. The monoisotopic (exact) mass is 348 g/mol. The first-order valence-electron chi connectivity index (χ1n) is 5.97. The minimum absolute atomic E-state index is 0.0856. The van der Waals surface area contributed by atoms with Gasteiger partial charge in [0.15, 0.2) is 6.61 Å². The summed E-state index contributed by atoms with van der Waals surface area (Å²) in [5.41, 5.74) is 0.394. The molecule has 4 nitrogen and oxygen atoms in total. The van der Waals surface area contributed by atoms with Gasteiger partial charge < -0.3 is 10.1 Å². The third-order valence-electron chi connectivity index (χ3n) is 2.57. The zero-order valence-electron chi connectivity index (χ0n) is 10.8. The van der Waals surface area contributed by atoms with E-state index in [1.807, 2.05) is 6.07 Å². The van der Waals surface area contributed by atoms with Crippen molar-refractivity contribution in [2.45, 2.75) is 0 Å². The smallest absolute Gasteiger partial charge is 0.262 e. The van der Waals surface area contributed by atoms with Gasteiger partial charge in [-0.3, -0.25) is 4.79 Å². The molecule has 0 aliphatic heterocycles. The van der Waals surface area contributed by atoms with Crippen molar-refractivity contribution in [1.29, 1.82) is 5.26 Å². The summed E-state index contributed by atoms with van der Waals surface area (Å²) in [4.78, 5) is 11.7. The van der Waals surface area contributed by atoms with Crippen LogP contribution in [0.25, 0.3) is 0 Å². The molecule has 0 spiro atoms. The number of ether oxygens (including phenoxy) is 1. The van der Waals surface area contributed by atoms with Crippen LogP contribution in [-0.2, 0) is 4.79 Å². The van der Waals surface area contributed by atoms with E-state index in [9.17, 15) is 9.18 Å². The van der Waals surface area contributed by atoms with Crippen LogP contribution in [0, 0.1) is 17.1 Å². The molecular formula is C15H10BrFN2O2. The molecular weight excluding hydrogens is 339 g/mol. The molecule has 21 heavy (non-hydrogen) atoms. The summed E-state index contributed by atoms with van der Waals surface area (Å²) in [5, 5.41) is 11.4. The Morgan fingerprint density at radius 3 is 2.81 bits per heavy atom. The maximum Gasteiger partial charge on any atom is 0.262 e. The fraction of sp³-hybridized carbons (Fsp3) is 0.0667. The zero-order chi connectivity index (χ0) is 15.2. The van der Waals surface area contributed by atoms with Crippen LogP contribution >= 0.6 is 15.9 Å². The van der Waals surface area contributed by atoms with E-state index in [0.29, 0.717) is 11.3 Å². The van der Waals surface area contributed by atoms with Gasteiger partial charge in [0.1, 0.15) is 17.6 Å². The quantitative estimate of drug-likeness (QED) is 0.919. The molecule has 106 valence electrons. The summed E-state index contributed by atoms with van der Waals surface area (Å²) in [6.45, 7) is -0.315. The Bertz CT molecular complexity index is 713. The maximum absolute atomic E-state index is 13.4. The number of benzene rings is 2. The van der Waals surface area contributed by atoms with Gasteiger partial charge in [0.25, 0.3) is 5.91 Å². The van der Waals surface area contributed by atoms with Gasteiger partial charge >= 0.3 is 0 Å². The number of carbonyl (C=O) groups excluding carboxylic acids is 1. The van der Waals surface area contributed by atoms with E-state index >= 15 is 0 Å². The van der Waals surface area contributed by atoms with Crippen molar-refractivity contribution in [2.75, 3.05) is 11.9 Å². The molecule has 0 radical (unpaired) electrons. The predicted molar refractivity (Wildman–Crippen MR) is 79.4 cm³/mol. The molecule has 0 fully saturated rings. The molecule has 2 aromatic rings. The van der Waals surface area contributed by atoms with Gasteiger partial charge in [0, 0.05) is 4.47 Å². The number of halogens is 2.